The fourth-order valence-electron chi connectivity index (χ4n) is 2.83. The lowest BCUT2D eigenvalue weighted by molar-refractivity contribution is -0.0457. The Kier molecular flexibility index (Phi) is 3.29. The van der Waals surface area contributed by atoms with Gasteiger partial charge in [-0.3, -0.25) is 4.57 Å². The number of nitrogens with zero attached hydrogens (tertiary/aromatic N) is 2. The van der Waals surface area contributed by atoms with Crippen LogP contribution >= 0.6 is 0 Å². The second-order valence-corrected chi connectivity index (χ2v) is 5.51. The van der Waals surface area contributed by atoms with Gasteiger partial charge in [-0.1, -0.05) is 0 Å². The van der Waals surface area contributed by atoms with Crippen LogP contribution in [-0.4, -0.2) is 43.6 Å². The van der Waals surface area contributed by atoms with Crippen LogP contribution in [0.1, 0.15) is 12.6 Å². The molecule has 1 aliphatic heterocycles. The number of H-pyrrole nitrogens is 1. The van der Waals surface area contributed by atoms with Crippen LogP contribution in [0.2, 0.25) is 0 Å². The van der Waals surface area contributed by atoms with E-state index in [4.69, 9.17) is 14.3 Å². The minimum absolute atomic E-state index is 0.230. The number of nitrogens with one attached hydrogen (secondary N) is 1. The average Bonchev–Trinajstić information content (AvgIpc) is 3.24. The molecule has 0 unspecified atom stereocenters. The zero-order valence-corrected chi connectivity index (χ0v) is 12.0. The number of aromatic amines is 1. The number of aliphatic hydroxyl groups is 2. The molecule has 0 amide bonds. The van der Waals surface area contributed by atoms with E-state index >= 15 is 0 Å². The zero-order chi connectivity index (χ0) is 16.0. The summed E-state index contributed by atoms with van der Waals surface area (Å²) < 4.78 is 12.2. The Morgan fingerprint density at radius 1 is 1.48 bits per heavy atom. The molecule has 0 aliphatic carbocycles. The molecule has 0 aromatic carbocycles. The monoisotopic (exact) mass is 317 g/mol. The normalized spacial score (nSPS) is 24.5. The molecule has 3 aromatic rings. The van der Waals surface area contributed by atoms with Crippen molar-refractivity contribution in [2.45, 2.75) is 24.9 Å². The van der Waals surface area contributed by atoms with Crippen molar-refractivity contribution >= 4 is 11.0 Å². The molecule has 4 rings (SSSR count). The quantitative estimate of drug-likeness (QED) is 0.653. The molecule has 120 valence electrons. The van der Waals surface area contributed by atoms with E-state index in [1.54, 1.807) is 24.6 Å². The molecule has 3 atom stereocenters. The summed E-state index contributed by atoms with van der Waals surface area (Å²) in [7, 11) is 0. The highest BCUT2D eigenvalue weighted by Crippen LogP contribution is 2.29. The minimum atomic E-state index is -0.808. The number of hydrogen-bond donors (Lipinski definition) is 3. The zero-order valence-electron chi connectivity index (χ0n) is 12.0. The van der Waals surface area contributed by atoms with Crippen LogP contribution in [0.3, 0.4) is 0 Å². The summed E-state index contributed by atoms with van der Waals surface area (Å²) in [6.07, 6.45) is 1.29. The van der Waals surface area contributed by atoms with Gasteiger partial charge in [0.25, 0.3) is 0 Å². The highest BCUT2D eigenvalue weighted by molar-refractivity contribution is 5.81. The van der Waals surface area contributed by atoms with Crippen molar-refractivity contribution in [3.8, 4) is 11.5 Å². The summed E-state index contributed by atoms with van der Waals surface area (Å²) in [5.41, 5.74) is 0.686. The molecule has 8 nitrogen and oxygen atoms in total. The van der Waals surface area contributed by atoms with Crippen molar-refractivity contribution in [3.05, 3.63) is 41.1 Å². The van der Waals surface area contributed by atoms with Gasteiger partial charge in [-0.15, -0.1) is 0 Å². The summed E-state index contributed by atoms with van der Waals surface area (Å²) in [6.45, 7) is -0.297. The lowest BCUT2D eigenvalue weighted by Gasteiger charge is -2.14. The maximum Gasteiger partial charge on any atom is 0.351 e. The average molecular weight is 317 g/mol. The smallest absolute Gasteiger partial charge is 0.351 e. The van der Waals surface area contributed by atoms with Crippen molar-refractivity contribution in [1.29, 1.82) is 0 Å². The first-order valence-corrected chi connectivity index (χ1v) is 7.26. The van der Waals surface area contributed by atoms with Gasteiger partial charge in [0.15, 0.2) is 0 Å². The largest absolute Gasteiger partial charge is 0.463 e. The van der Waals surface area contributed by atoms with Crippen LogP contribution < -0.4 is 5.69 Å². The molecule has 8 heteroatoms. The molecule has 3 N–H and O–H groups in total. The third kappa shape index (κ3) is 2.37. The number of furan rings is 1. The topological polar surface area (TPSA) is 114 Å². The van der Waals surface area contributed by atoms with E-state index in [1.165, 1.54) is 4.57 Å². The van der Waals surface area contributed by atoms with Crippen molar-refractivity contribution in [2.75, 3.05) is 6.61 Å². The Bertz CT molecular complexity index is 882. The Morgan fingerprint density at radius 3 is 3.04 bits per heavy atom. The molecule has 0 radical (unpaired) electrons. The van der Waals surface area contributed by atoms with Crippen molar-refractivity contribution in [1.82, 2.24) is 14.5 Å². The van der Waals surface area contributed by atoms with Gasteiger partial charge in [0, 0.05) is 18.0 Å². The fraction of sp³-hybridized carbons (Fsp3) is 0.333. The number of aromatic nitrogens is 3. The molecule has 0 spiro atoms. The standard InChI is InChI=1S/C15H15N3O5/c19-7-12-10(20)5-13(23-12)18-6-8-4-9(11-2-1-3-22-11)16-14(8)17-15(18)21/h1-4,6,10,12-13,19-20H,5,7H2,(H,16,17,21)/t10-,12+,13+/m0/s1. The van der Waals surface area contributed by atoms with E-state index in [0.29, 0.717) is 11.4 Å². The van der Waals surface area contributed by atoms with Crippen LogP contribution in [0.5, 0.6) is 0 Å². The summed E-state index contributed by atoms with van der Waals surface area (Å²) in [5.74, 6) is 0.648. The van der Waals surface area contributed by atoms with E-state index < -0.39 is 24.1 Å². The minimum Gasteiger partial charge on any atom is -0.463 e. The number of hydrogen-bond acceptors (Lipinski definition) is 6. The van der Waals surface area contributed by atoms with Crippen LogP contribution in [0.25, 0.3) is 22.5 Å². The molecule has 23 heavy (non-hydrogen) atoms. The predicted molar refractivity (Wildman–Crippen MR) is 79.7 cm³/mol. The maximum absolute atomic E-state index is 12.2. The molecular formula is C15H15N3O5. The van der Waals surface area contributed by atoms with Gasteiger partial charge in [-0.2, -0.15) is 4.98 Å². The highest BCUT2D eigenvalue weighted by Gasteiger charge is 2.35. The summed E-state index contributed by atoms with van der Waals surface area (Å²) in [6, 6.07) is 5.40. The summed E-state index contributed by atoms with van der Waals surface area (Å²) in [4.78, 5) is 19.3. The Hall–Kier alpha value is -2.42. The van der Waals surface area contributed by atoms with E-state index in [9.17, 15) is 9.90 Å². The van der Waals surface area contributed by atoms with Gasteiger partial charge in [-0.05, 0) is 18.2 Å². The Balaban J connectivity index is 1.74. The third-order valence-electron chi connectivity index (χ3n) is 4.01. The molecular weight excluding hydrogens is 302 g/mol. The van der Waals surface area contributed by atoms with Crippen LogP contribution in [0, 0.1) is 0 Å². The van der Waals surface area contributed by atoms with Gasteiger partial charge >= 0.3 is 5.69 Å². The van der Waals surface area contributed by atoms with Gasteiger partial charge in [-0.25, -0.2) is 4.79 Å². The first-order valence-electron chi connectivity index (χ1n) is 7.26. The van der Waals surface area contributed by atoms with Crippen LogP contribution in [0.4, 0.5) is 0 Å². The van der Waals surface area contributed by atoms with E-state index in [0.717, 1.165) is 11.1 Å². The van der Waals surface area contributed by atoms with Crippen molar-refractivity contribution in [2.24, 2.45) is 0 Å². The van der Waals surface area contributed by atoms with Crippen molar-refractivity contribution < 1.29 is 19.4 Å². The molecule has 3 aromatic heterocycles. The molecule has 0 bridgehead atoms. The van der Waals surface area contributed by atoms with Gasteiger partial charge in [0.1, 0.15) is 23.7 Å². The van der Waals surface area contributed by atoms with E-state index in [2.05, 4.69) is 9.97 Å². The molecule has 0 saturated carbocycles. The number of aliphatic hydroxyl groups excluding tert-OH is 2. The molecule has 1 fully saturated rings. The van der Waals surface area contributed by atoms with Gasteiger partial charge in [0.2, 0.25) is 0 Å². The van der Waals surface area contributed by atoms with Crippen LogP contribution in [0.15, 0.2) is 39.9 Å². The maximum atomic E-state index is 12.2. The Morgan fingerprint density at radius 2 is 2.35 bits per heavy atom. The number of rotatable bonds is 3. The second kappa shape index (κ2) is 5.34. The van der Waals surface area contributed by atoms with Gasteiger partial charge < -0.3 is 24.4 Å². The van der Waals surface area contributed by atoms with Gasteiger partial charge in [0.05, 0.1) is 24.7 Å². The van der Waals surface area contributed by atoms with Crippen molar-refractivity contribution in [3.63, 3.8) is 0 Å². The molecule has 1 saturated heterocycles. The van der Waals surface area contributed by atoms with E-state index in [1.807, 2.05) is 6.07 Å². The molecule has 1 aliphatic rings. The fourth-order valence-corrected chi connectivity index (χ4v) is 2.83. The molecule has 4 heterocycles. The lowest BCUT2D eigenvalue weighted by atomic mass is 10.2. The SMILES string of the molecule is O=c1nc2[nH]c(-c3ccco3)cc2cn1[C@H]1C[C@H](O)[C@@H](CO)O1. The summed E-state index contributed by atoms with van der Waals surface area (Å²) >= 11 is 0. The first kappa shape index (κ1) is 14.2. The highest BCUT2D eigenvalue weighted by atomic mass is 16.5. The number of ether oxygens (including phenoxy) is 1. The van der Waals surface area contributed by atoms with Crippen LogP contribution in [-0.2, 0) is 4.74 Å². The first-order chi connectivity index (χ1) is 11.2. The lowest BCUT2D eigenvalue weighted by Crippen LogP contribution is -2.27. The second-order valence-electron chi connectivity index (χ2n) is 5.51. The Labute approximate surface area is 130 Å². The summed E-state index contributed by atoms with van der Waals surface area (Å²) in [5, 5.41) is 19.7. The predicted octanol–water partition coefficient (Wildman–Crippen LogP) is 0.625. The number of fused-ring (bicyclic) bond motifs is 1. The van der Waals surface area contributed by atoms with E-state index in [-0.39, 0.29) is 13.0 Å². The third-order valence-corrected chi connectivity index (χ3v) is 4.01.